The van der Waals surface area contributed by atoms with Crippen molar-refractivity contribution >= 4 is 164 Å². The molecule has 32 heteroatoms. The number of hydrogen-bond donors (Lipinski definition) is 8. The Hall–Kier alpha value is -2.57. The Morgan fingerprint density at radius 1 is 0.419 bits per heavy atom. The second-order valence-electron chi connectivity index (χ2n) is 28.0. The summed E-state index contributed by atoms with van der Waals surface area (Å²) in [5, 5.41) is 86.9. The summed E-state index contributed by atoms with van der Waals surface area (Å²) in [5.41, 5.74) is -0.335. The Morgan fingerprint density at radius 2 is 0.645 bits per heavy atom. The van der Waals surface area contributed by atoms with Crippen molar-refractivity contribution in [2.75, 3.05) is 6.61 Å². The maximum absolute atomic E-state index is 9.78. The monoisotopic (exact) mass is 1420 g/mol. The van der Waals surface area contributed by atoms with Crippen LogP contribution in [0.5, 0.6) is 0 Å². The number of hydrogen-bond acceptors (Lipinski definition) is 21. The number of rotatable bonds is 8. The van der Waals surface area contributed by atoms with Gasteiger partial charge in [-0.25, -0.2) is 0 Å². The van der Waals surface area contributed by atoms with Gasteiger partial charge in [0.05, 0.1) is 44.8 Å². The van der Waals surface area contributed by atoms with Gasteiger partial charge in [0.25, 0.3) is 0 Å². The van der Waals surface area contributed by atoms with Gasteiger partial charge in [-0.3, -0.25) is 13.7 Å². The number of aliphatic hydroxyl groups excluding tert-OH is 1. The summed E-state index contributed by atoms with van der Waals surface area (Å²) in [6, 6.07) is 21.9. The molecule has 490 valence electrons. The third kappa shape index (κ3) is 14.1. The standard InChI is InChI=1S/C40H54B4O8.C17H15B3O8.C4H7ClO.IO4.Na.H2O/c1-33(2)34(3,4)46-41(45-33)27-21-28(42-47-35(5,6)36(7,8)48-42)24-19-20-26-30(44-51-39(13,14)40(15,16)52-44)22-29(25-18-17-23(27)31(24)32(25)26)43-49-37(9,10)38(11,12)50-43;21-17(22)11-5-12(18(23)24)8-3-4-10-14(20(27)28)6-13(19(25)26)9-2-1-7(11)15(8)16(9)10;5-4-2-1-3-6-4;2-1(3,4)5;;/h17-22H,1-16H3;1-6,17,21-28H;4H,1-3H2;;;1H2/q;;;-1;+1;. The van der Waals surface area contributed by atoms with Gasteiger partial charge < -0.3 is 87.8 Å². The second kappa shape index (κ2) is 26.5. The molecule has 8 aromatic rings. The van der Waals surface area contributed by atoms with E-state index in [1.165, 1.54) is 12.1 Å². The van der Waals surface area contributed by atoms with Crippen LogP contribution in [0.2, 0.25) is 0 Å². The molecule has 0 bridgehead atoms. The van der Waals surface area contributed by atoms with Crippen LogP contribution in [0.4, 0.5) is 0 Å². The summed E-state index contributed by atoms with van der Waals surface area (Å²) in [5.74, 6) is 0. The second-order valence-corrected chi connectivity index (χ2v) is 30.7. The number of alkyl halides is 1. The molecule has 13 rings (SSSR count). The van der Waals surface area contributed by atoms with Gasteiger partial charge in [0, 0.05) is 12.2 Å². The summed E-state index contributed by atoms with van der Waals surface area (Å²) in [7, 11) is -8.13. The Kier molecular flexibility index (Phi) is 21.7. The smallest absolute Gasteiger partial charge is 0.423 e. The van der Waals surface area contributed by atoms with Crippen molar-refractivity contribution < 1.29 is 151 Å². The molecule has 8 aromatic carbocycles. The Bertz CT molecular complexity index is 3510. The van der Waals surface area contributed by atoms with Crippen LogP contribution in [0.1, 0.15) is 135 Å². The van der Waals surface area contributed by atoms with E-state index >= 15 is 0 Å². The number of halogens is 2. The van der Waals surface area contributed by atoms with E-state index in [4.69, 9.17) is 67.3 Å². The Labute approximate surface area is 576 Å². The van der Waals surface area contributed by atoms with Crippen LogP contribution in [0.25, 0.3) is 64.6 Å². The average molecular weight is 1420 g/mol. The zero-order valence-electron chi connectivity index (χ0n) is 55.4. The van der Waals surface area contributed by atoms with Crippen molar-refractivity contribution in [2.24, 2.45) is 0 Å². The number of aliphatic hydroxyl groups is 2. The van der Waals surface area contributed by atoms with Crippen LogP contribution in [-0.2, 0) is 42.0 Å². The minimum atomic E-state index is -5.94. The molecule has 1 unspecified atom stereocenters. The van der Waals surface area contributed by atoms with Crippen LogP contribution >= 0.6 is 11.6 Å². The molecule has 5 heterocycles. The van der Waals surface area contributed by atoms with E-state index in [9.17, 15) is 40.4 Å². The normalized spacial score (nSPS) is 21.3. The van der Waals surface area contributed by atoms with Gasteiger partial charge >= 0.3 is 79.4 Å². The quantitative estimate of drug-likeness (QED) is 0.0230. The van der Waals surface area contributed by atoms with Gasteiger partial charge in [-0.2, -0.15) is 0 Å². The predicted octanol–water partition coefficient (Wildman–Crippen LogP) is -7.82. The van der Waals surface area contributed by atoms with Crippen molar-refractivity contribution in [3.05, 3.63) is 78.4 Å². The van der Waals surface area contributed by atoms with Crippen molar-refractivity contribution in [2.45, 2.75) is 180 Å². The van der Waals surface area contributed by atoms with Crippen LogP contribution in [0, 0.1) is 0 Å². The average Bonchev–Trinajstić information content (AvgIpc) is 1.53. The molecule has 5 aliphatic heterocycles. The first-order chi connectivity index (χ1) is 41.8. The maximum Gasteiger partial charge on any atom is 1.00 e. The van der Waals surface area contributed by atoms with E-state index in [0.29, 0.717) is 32.3 Å². The van der Waals surface area contributed by atoms with Crippen molar-refractivity contribution in [1.82, 2.24) is 0 Å². The van der Waals surface area contributed by atoms with E-state index in [2.05, 4.69) is 147 Å². The fourth-order valence-corrected chi connectivity index (χ4v) is 12.5. The van der Waals surface area contributed by atoms with Crippen LogP contribution < -0.4 is 102 Å². The summed E-state index contributed by atoms with van der Waals surface area (Å²) in [6.07, 6.45) is 0.267. The minimum Gasteiger partial charge on any atom is -0.423 e. The minimum absolute atomic E-state index is 0. The first-order valence-electron chi connectivity index (χ1n) is 30.1. The van der Waals surface area contributed by atoms with E-state index in [1.54, 1.807) is 24.3 Å². The molecule has 0 aromatic heterocycles. The van der Waals surface area contributed by atoms with Gasteiger partial charge in [-0.15, -0.1) is 0 Å². The Balaban J connectivity index is 0.000000226. The first-order valence-corrected chi connectivity index (χ1v) is 34.1. The topological polar surface area (TPSA) is 369 Å². The van der Waals surface area contributed by atoms with Gasteiger partial charge in [0.1, 0.15) is 25.7 Å². The molecular weight excluding hydrogens is 1350 g/mol. The molecule has 93 heavy (non-hydrogen) atoms. The molecule has 0 radical (unpaired) electrons. The maximum atomic E-state index is 9.78. The van der Waals surface area contributed by atoms with E-state index in [0.717, 1.165) is 73.6 Å². The molecule has 10 N–H and O–H groups in total. The fraction of sp³-hybridized carbons (Fsp3) is 0.475. The molecular formula is C61H78B7ClINaO22. The molecule has 0 spiro atoms. The van der Waals surface area contributed by atoms with Gasteiger partial charge in [-0.1, -0.05) is 84.4 Å². The van der Waals surface area contributed by atoms with E-state index in [-0.39, 0.29) is 62.5 Å². The van der Waals surface area contributed by atoms with Crippen LogP contribution in [0.3, 0.4) is 0 Å². The molecule has 5 aliphatic rings. The third-order valence-electron chi connectivity index (χ3n) is 20.1. The molecule has 5 saturated heterocycles. The van der Waals surface area contributed by atoms with Gasteiger partial charge in [0.15, 0.2) is 6.29 Å². The summed E-state index contributed by atoms with van der Waals surface area (Å²) < 4.78 is 93.4. The summed E-state index contributed by atoms with van der Waals surface area (Å²) in [6.45, 7) is 34.3. The van der Waals surface area contributed by atoms with Crippen molar-refractivity contribution in [1.29, 1.82) is 0 Å². The molecule has 1 atom stereocenters. The number of benzene rings is 8. The summed E-state index contributed by atoms with van der Waals surface area (Å²) in [4.78, 5) is 0. The molecule has 5 fully saturated rings. The van der Waals surface area contributed by atoms with E-state index < -0.39 is 121 Å². The zero-order chi connectivity index (χ0) is 67.2. The SMILES string of the molecule is CC1(C)OB(c2cc(B3OC(C)(C)C(C)(C)O3)c3ccc4c(B5OC(C)(C)C(C)(C)O5)cc(B5OC(C)(C)C(C)(C)O5)c5ccc2c3c54)OC1(C)C.ClC1CCCO1.O.OB(O)c1cc(B(O)O)c2ccc3c(C(O)O)cc(B(O)O)c4ccc1c2c43.[Na+].[O-][I+3]([O-])([O-])[O-]. The fourth-order valence-electron chi connectivity index (χ4n) is 12.3. The molecule has 0 amide bonds. The molecule has 0 aliphatic carbocycles. The van der Waals surface area contributed by atoms with Crippen LogP contribution in [0.15, 0.2) is 72.8 Å². The zero-order valence-corrected chi connectivity index (χ0v) is 60.3. The largest absolute Gasteiger partial charge is 1.00 e. The first kappa shape index (κ1) is 76.2. The summed E-state index contributed by atoms with van der Waals surface area (Å²) >= 11 is -0.450. The van der Waals surface area contributed by atoms with Crippen molar-refractivity contribution in [3.63, 3.8) is 0 Å². The predicted molar refractivity (Wildman–Crippen MR) is 348 cm³/mol. The van der Waals surface area contributed by atoms with Crippen LogP contribution in [-0.4, -0.2) is 153 Å². The van der Waals surface area contributed by atoms with Crippen molar-refractivity contribution in [3.8, 4) is 0 Å². The molecule has 0 saturated carbocycles. The van der Waals surface area contributed by atoms with Gasteiger partial charge in [0.2, 0.25) is 0 Å². The van der Waals surface area contributed by atoms with Gasteiger partial charge in [-0.05, 0) is 226 Å². The van der Waals surface area contributed by atoms with E-state index in [1.807, 2.05) is 0 Å². The Morgan fingerprint density at radius 3 is 0.860 bits per heavy atom. The molecule has 22 nitrogen and oxygen atoms in total. The third-order valence-corrected chi connectivity index (χ3v) is 20.4. The number of ether oxygens (including phenoxy) is 1.